The quantitative estimate of drug-likeness (QED) is 0.864. The van der Waals surface area contributed by atoms with E-state index in [1.165, 1.54) is 16.5 Å². The Morgan fingerprint density at radius 1 is 1.40 bits per heavy atom. The van der Waals surface area contributed by atoms with Crippen LogP contribution < -0.4 is 5.73 Å². The fraction of sp³-hybridized carbons (Fsp3) is 0.273. The fourth-order valence-electron chi connectivity index (χ4n) is 1.70. The van der Waals surface area contributed by atoms with Gasteiger partial charge in [-0.1, -0.05) is 6.07 Å². The zero-order chi connectivity index (χ0) is 10.1. The molecule has 0 radical (unpaired) electrons. The minimum atomic E-state index is -0.168. The van der Waals surface area contributed by atoms with Gasteiger partial charge in [-0.25, -0.2) is 4.39 Å². The third-order valence-corrected chi connectivity index (χ3v) is 3.46. The summed E-state index contributed by atoms with van der Waals surface area (Å²) in [6, 6.07) is 4.95. The average molecular weight is 246 g/mol. The van der Waals surface area contributed by atoms with Gasteiger partial charge in [0.25, 0.3) is 0 Å². The molecule has 1 nitrogen and oxygen atoms in total. The van der Waals surface area contributed by atoms with Gasteiger partial charge in [0, 0.05) is 9.58 Å². The molecule has 82 valence electrons. The molecule has 0 aliphatic carbocycles. The molecule has 0 spiro atoms. The first kappa shape index (κ1) is 12.4. The Hall–Kier alpha value is -0.640. The molecule has 2 N–H and O–H groups in total. The van der Waals surface area contributed by atoms with Crippen molar-refractivity contribution < 1.29 is 4.39 Å². The first-order valence-electron chi connectivity index (χ1n) is 4.60. The average Bonchev–Trinajstić information content (AvgIpc) is 2.43. The molecule has 1 aromatic carbocycles. The summed E-state index contributed by atoms with van der Waals surface area (Å²) >= 11 is 1.64. The Balaban J connectivity index is 0.00000112. The highest BCUT2D eigenvalue weighted by Gasteiger charge is 2.08. The van der Waals surface area contributed by atoms with Crippen molar-refractivity contribution in [2.75, 3.05) is 6.54 Å². The van der Waals surface area contributed by atoms with Crippen molar-refractivity contribution >= 4 is 33.8 Å². The molecule has 2 rings (SSSR count). The molecule has 4 heteroatoms. The highest BCUT2D eigenvalue weighted by atomic mass is 35.5. The number of nitrogens with two attached hydrogens (primary N) is 1. The molecule has 0 bridgehead atoms. The van der Waals surface area contributed by atoms with Gasteiger partial charge in [0.1, 0.15) is 5.82 Å². The van der Waals surface area contributed by atoms with E-state index in [2.05, 4.69) is 6.92 Å². The molecule has 0 atom stereocenters. The second-order valence-electron chi connectivity index (χ2n) is 3.32. The zero-order valence-corrected chi connectivity index (χ0v) is 10.1. The van der Waals surface area contributed by atoms with E-state index in [0.29, 0.717) is 6.54 Å². The van der Waals surface area contributed by atoms with E-state index in [1.54, 1.807) is 17.4 Å². The highest BCUT2D eigenvalue weighted by molar-refractivity contribution is 7.19. The zero-order valence-electron chi connectivity index (χ0n) is 8.42. The van der Waals surface area contributed by atoms with Gasteiger partial charge in [0.15, 0.2) is 0 Å². The predicted octanol–water partition coefficient (Wildman–Crippen LogP) is 3.27. The lowest BCUT2D eigenvalue weighted by Crippen LogP contribution is -2.02. The monoisotopic (exact) mass is 245 g/mol. The molecule has 1 aromatic heterocycles. The number of rotatable bonds is 2. The first-order chi connectivity index (χ1) is 6.72. The Morgan fingerprint density at radius 3 is 2.80 bits per heavy atom. The van der Waals surface area contributed by atoms with Crippen molar-refractivity contribution in [1.82, 2.24) is 0 Å². The molecule has 0 unspecified atom stereocenters. The number of thiophene rings is 1. The van der Waals surface area contributed by atoms with Crippen LogP contribution in [0.25, 0.3) is 10.1 Å². The summed E-state index contributed by atoms with van der Waals surface area (Å²) in [5, 5.41) is 1.15. The van der Waals surface area contributed by atoms with E-state index >= 15 is 0 Å². The van der Waals surface area contributed by atoms with E-state index in [9.17, 15) is 4.39 Å². The second-order valence-corrected chi connectivity index (χ2v) is 4.57. The van der Waals surface area contributed by atoms with Crippen molar-refractivity contribution in [3.8, 4) is 0 Å². The van der Waals surface area contributed by atoms with Gasteiger partial charge in [-0.2, -0.15) is 0 Å². The molecule has 15 heavy (non-hydrogen) atoms. The molecular formula is C11H13ClFNS. The van der Waals surface area contributed by atoms with Crippen LogP contribution >= 0.6 is 23.7 Å². The Kier molecular flexibility index (Phi) is 4.08. The van der Waals surface area contributed by atoms with E-state index in [-0.39, 0.29) is 18.2 Å². The molecule has 0 aliphatic rings. The van der Waals surface area contributed by atoms with Crippen LogP contribution in [-0.2, 0) is 6.42 Å². The molecule has 0 saturated carbocycles. The maximum atomic E-state index is 12.9. The molecule has 0 aliphatic heterocycles. The Bertz CT molecular complexity index is 467. The van der Waals surface area contributed by atoms with Crippen molar-refractivity contribution in [2.24, 2.45) is 5.73 Å². The SMILES string of the molecule is Cc1sc2cc(F)ccc2c1CCN.Cl. The van der Waals surface area contributed by atoms with Gasteiger partial charge in [-0.3, -0.25) is 0 Å². The molecular weight excluding hydrogens is 233 g/mol. The Labute approximate surface area is 98.5 Å². The topological polar surface area (TPSA) is 26.0 Å². The maximum Gasteiger partial charge on any atom is 0.124 e. The third-order valence-electron chi connectivity index (χ3n) is 2.35. The summed E-state index contributed by atoms with van der Waals surface area (Å²) in [6.45, 7) is 2.71. The minimum absolute atomic E-state index is 0. The van der Waals surface area contributed by atoms with Crippen LogP contribution in [-0.4, -0.2) is 6.54 Å². The van der Waals surface area contributed by atoms with E-state index in [1.807, 2.05) is 6.07 Å². The standard InChI is InChI=1S/C11H12FNS.ClH/c1-7-9(4-5-13)10-3-2-8(12)6-11(10)14-7;/h2-3,6H,4-5,13H2,1H3;1H. The van der Waals surface area contributed by atoms with E-state index in [0.717, 1.165) is 16.5 Å². The second kappa shape index (κ2) is 4.92. The number of halogens is 2. The summed E-state index contributed by atoms with van der Waals surface area (Å²) in [6.07, 6.45) is 0.872. The lowest BCUT2D eigenvalue weighted by atomic mass is 10.1. The number of aryl methyl sites for hydroxylation is 1. The van der Waals surface area contributed by atoms with Crippen LogP contribution in [0.3, 0.4) is 0 Å². The lowest BCUT2D eigenvalue weighted by molar-refractivity contribution is 0.630. The Morgan fingerprint density at radius 2 is 2.13 bits per heavy atom. The number of benzene rings is 1. The van der Waals surface area contributed by atoms with Crippen molar-refractivity contribution in [2.45, 2.75) is 13.3 Å². The van der Waals surface area contributed by atoms with Crippen molar-refractivity contribution in [3.63, 3.8) is 0 Å². The number of fused-ring (bicyclic) bond motifs is 1. The van der Waals surface area contributed by atoms with Crippen LogP contribution in [0.15, 0.2) is 18.2 Å². The summed E-state index contributed by atoms with van der Waals surface area (Å²) in [5.41, 5.74) is 6.81. The smallest absolute Gasteiger partial charge is 0.124 e. The summed E-state index contributed by atoms with van der Waals surface area (Å²) in [5.74, 6) is -0.168. The molecule has 0 fully saturated rings. The third kappa shape index (κ3) is 2.30. The van der Waals surface area contributed by atoms with Crippen LogP contribution in [0.4, 0.5) is 4.39 Å². The molecule has 1 heterocycles. The summed E-state index contributed by atoms with van der Waals surface area (Å²) in [7, 11) is 0. The highest BCUT2D eigenvalue weighted by Crippen LogP contribution is 2.31. The van der Waals surface area contributed by atoms with Gasteiger partial charge in [0.05, 0.1) is 0 Å². The van der Waals surface area contributed by atoms with Crippen molar-refractivity contribution in [1.29, 1.82) is 0 Å². The molecule has 0 saturated heterocycles. The van der Waals surface area contributed by atoms with E-state index < -0.39 is 0 Å². The van der Waals surface area contributed by atoms with Crippen LogP contribution in [0.1, 0.15) is 10.4 Å². The van der Waals surface area contributed by atoms with Gasteiger partial charge in [-0.05, 0) is 43.0 Å². The lowest BCUT2D eigenvalue weighted by Gasteiger charge is -1.97. The van der Waals surface area contributed by atoms with Gasteiger partial charge >= 0.3 is 0 Å². The van der Waals surface area contributed by atoms with Gasteiger partial charge < -0.3 is 5.73 Å². The fourth-order valence-corrected chi connectivity index (χ4v) is 2.84. The number of hydrogen-bond acceptors (Lipinski definition) is 2. The normalized spacial score (nSPS) is 10.3. The van der Waals surface area contributed by atoms with Crippen LogP contribution in [0.2, 0.25) is 0 Å². The molecule has 0 amide bonds. The minimum Gasteiger partial charge on any atom is -0.330 e. The maximum absolute atomic E-state index is 12.9. The number of hydrogen-bond donors (Lipinski definition) is 1. The van der Waals surface area contributed by atoms with Crippen LogP contribution in [0.5, 0.6) is 0 Å². The largest absolute Gasteiger partial charge is 0.330 e. The van der Waals surface area contributed by atoms with E-state index in [4.69, 9.17) is 5.73 Å². The summed E-state index contributed by atoms with van der Waals surface area (Å²) < 4.78 is 14.0. The molecule has 2 aromatic rings. The van der Waals surface area contributed by atoms with Gasteiger partial charge in [-0.15, -0.1) is 23.7 Å². The summed E-state index contributed by atoms with van der Waals surface area (Å²) in [4.78, 5) is 1.25. The predicted molar refractivity (Wildman–Crippen MR) is 66.5 cm³/mol. The van der Waals surface area contributed by atoms with Crippen LogP contribution in [0, 0.1) is 12.7 Å². The van der Waals surface area contributed by atoms with Crippen molar-refractivity contribution in [3.05, 3.63) is 34.5 Å². The van der Waals surface area contributed by atoms with Gasteiger partial charge in [0.2, 0.25) is 0 Å². The first-order valence-corrected chi connectivity index (χ1v) is 5.41.